The highest BCUT2D eigenvalue weighted by molar-refractivity contribution is 7.16. The summed E-state index contributed by atoms with van der Waals surface area (Å²) in [5.74, 6) is -2.27. The summed E-state index contributed by atoms with van der Waals surface area (Å²) in [7, 11) is 0. The summed E-state index contributed by atoms with van der Waals surface area (Å²) in [6.07, 6.45) is 6.74. The highest BCUT2D eigenvalue weighted by atomic mass is 35.5. The Morgan fingerprint density at radius 3 is 2.19 bits per heavy atom. The van der Waals surface area contributed by atoms with Crippen LogP contribution in [0.15, 0.2) is 78.9 Å². The van der Waals surface area contributed by atoms with E-state index >= 15 is 0 Å². The third-order valence-corrected chi connectivity index (χ3v) is 11.3. The summed E-state index contributed by atoms with van der Waals surface area (Å²) in [5.41, 5.74) is 6.20. The molecule has 9 heteroatoms. The standard InChI is InChI=1S/C38H31ClNO5S2/c1-4-30-34-35(31(45-30)18-13-23-9-6-5-7-10-23)37(42)40(36(34)41)24-14-16-25(17-15-24)44-38(43)32-19-28(21(2)46-32)26-11-8-12-27(26)29-20-33(39)47-22(29)3/h1,4-7,9-10,13-20,30-31,34-35H,8,11-12H2,2-3H3. The van der Waals surface area contributed by atoms with Gasteiger partial charge in [-0.2, -0.15) is 0 Å². The van der Waals surface area contributed by atoms with Crippen LogP contribution >= 0.6 is 34.3 Å². The number of amides is 2. The van der Waals surface area contributed by atoms with Gasteiger partial charge in [-0.05, 0) is 97.3 Å². The topological polar surface area (TPSA) is 72.9 Å². The third-order valence-electron chi connectivity index (χ3n) is 9.07. The summed E-state index contributed by atoms with van der Waals surface area (Å²) in [6, 6.07) is 20.1. The van der Waals surface area contributed by atoms with Crippen molar-refractivity contribution in [3.05, 3.63) is 121 Å². The molecule has 2 aromatic carbocycles. The van der Waals surface area contributed by atoms with E-state index < -0.39 is 30.0 Å². The Kier molecular flexibility index (Phi) is 8.61. The van der Waals surface area contributed by atoms with E-state index in [4.69, 9.17) is 27.7 Å². The van der Waals surface area contributed by atoms with E-state index in [1.54, 1.807) is 35.6 Å². The van der Waals surface area contributed by atoms with Gasteiger partial charge in [0.1, 0.15) is 10.6 Å². The first kappa shape index (κ1) is 31.5. The lowest BCUT2D eigenvalue weighted by molar-refractivity contribution is -0.124. The highest BCUT2D eigenvalue weighted by Gasteiger charge is 2.59. The number of allylic oxidation sites excluding steroid dienone is 2. The number of esters is 1. The third kappa shape index (κ3) is 5.84. The lowest BCUT2D eigenvalue weighted by Crippen LogP contribution is -2.35. The molecule has 4 atom stereocenters. The number of fused-ring (bicyclic) bond motifs is 1. The number of hydrogen-bond donors (Lipinski definition) is 0. The Balaban J connectivity index is 1.07. The Morgan fingerprint density at radius 1 is 0.915 bits per heavy atom. The van der Waals surface area contributed by atoms with Crippen LogP contribution in [-0.4, -0.2) is 30.0 Å². The van der Waals surface area contributed by atoms with Crippen LogP contribution in [0, 0.1) is 32.3 Å². The smallest absolute Gasteiger partial charge is 0.353 e. The van der Waals surface area contributed by atoms with Crippen LogP contribution in [0.1, 0.15) is 55.4 Å². The van der Waals surface area contributed by atoms with Crippen molar-refractivity contribution in [3.63, 3.8) is 0 Å². The average molecular weight is 681 g/mol. The van der Waals surface area contributed by atoms with Crippen LogP contribution in [0.4, 0.5) is 5.69 Å². The molecule has 4 heterocycles. The van der Waals surface area contributed by atoms with Gasteiger partial charge >= 0.3 is 5.97 Å². The maximum Gasteiger partial charge on any atom is 0.353 e. The summed E-state index contributed by atoms with van der Waals surface area (Å²) < 4.78 is 12.5. The Morgan fingerprint density at radius 2 is 1.55 bits per heavy atom. The SMILES string of the molecule is [CH]=CC1OC(C=Cc2ccccc2)C2C(=O)N(c3ccc(OC(=O)c4cc(C5=C(c6cc(Cl)sc6C)CCC5)c(C)s4)cc3)C(=O)C12. The van der Waals surface area contributed by atoms with E-state index in [9.17, 15) is 14.4 Å². The molecule has 0 N–H and O–H groups in total. The molecule has 2 saturated heterocycles. The minimum absolute atomic E-state index is 0.315. The van der Waals surface area contributed by atoms with Crippen molar-refractivity contribution in [1.29, 1.82) is 0 Å². The minimum atomic E-state index is -0.720. The molecule has 6 nitrogen and oxygen atoms in total. The van der Waals surface area contributed by atoms with Gasteiger partial charge in [-0.1, -0.05) is 66.7 Å². The van der Waals surface area contributed by atoms with Crippen molar-refractivity contribution in [2.24, 2.45) is 11.8 Å². The fraction of sp³-hybridized carbons (Fsp3) is 0.237. The number of rotatable bonds is 8. The van der Waals surface area contributed by atoms with Crippen molar-refractivity contribution in [2.75, 3.05) is 4.90 Å². The Hall–Kier alpha value is -4.08. The van der Waals surface area contributed by atoms with Crippen molar-refractivity contribution in [2.45, 2.75) is 45.3 Å². The van der Waals surface area contributed by atoms with Gasteiger partial charge < -0.3 is 9.47 Å². The molecule has 1 aliphatic carbocycles. The lowest BCUT2D eigenvalue weighted by atomic mass is 9.89. The maximum atomic E-state index is 13.6. The molecule has 0 bridgehead atoms. The average Bonchev–Trinajstić information content (AvgIpc) is 3.88. The minimum Gasteiger partial charge on any atom is -0.422 e. The number of thiophene rings is 2. The molecule has 237 valence electrons. The maximum absolute atomic E-state index is 13.6. The molecule has 4 aromatic rings. The summed E-state index contributed by atoms with van der Waals surface area (Å²) in [6.45, 7) is 9.96. The Bertz CT molecular complexity index is 1950. The van der Waals surface area contributed by atoms with E-state index in [0.717, 1.165) is 39.6 Å². The number of halogens is 1. The van der Waals surface area contributed by atoms with E-state index in [1.165, 1.54) is 43.9 Å². The summed E-state index contributed by atoms with van der Waals surface area (Å²) in [5, 5.41) is 0. The van der Waals surface area contributed by atoms with Crippen molar-refractivity contribution >= 4 is 75.0 Å². The molecule has 3 aliphatic rings. The van der Waals surface area contributed by atoms with Gasteiger partial charge in [0.25, 0.3) is 0 Å². The lowest BCUT2D eigenvalue weighted by Gasteiger charge is -2.19. The number of carbonyl (C=O) groups excluding carboxylic acids is 3. The van der Waals surface area contributed by atoms with Crippen LogP contribution in [0.25, 0.3) is 17.2 Å². The zero-order chi connectivity index (χ0) is 32.8. The van der Waals surface area contributed by atoms with Gasteiger partial charge in [-0.15, -0.1) is 22.7 Å². The van der Waals surface area contributed by atoms with Gasteiger partial charge in [0, 0.05) is 9.75 Å². The molecule has 4 unspecified atom stereocenters. The van der Waals surface area contributed by atoms with Crippen LogP contribution in [0.2, 0.25) is 4.34 Å². The number of imide groups is 1. The van der Waals surface area contributed by atoms with Crippen molar-refractivity contribution < 1.29 is 23.9 Å². The number of anilines is 1. The molecule has 47 heavy (non-hydrogen) atoms. The fourth-order valence-corrected chi connectivity index (χ4v) is 9.04. The first-order valence-corrected chi connectivity index (χ1v) is 17.5. The number of hydrogen-bond acceptors (Lipinski definition) is 7. The summed E-state index contributed by atoms with van der Waals surface area (Å²) >= 11 is 9.31. The Labute approximate surface area is 286 Å². The highest BCUT2D eigenvalue weighted by Crippen LogP contribution is 2.46. The second kappa shape index (κ2) is 12.8. The van der Waals surface area contributed by atoms with Crippen LogP contribution in [0.5, 0.6) is 5.75 Å². The first-order valence-electron chi connectivity index (χ1n) is 15.5. The molecule has 2 aliphatic heterocycles. The molecule has 0 saturated carbocycles. The van der Waals surface area contributed by atoms with Gasteiger partial charge in [-0.25, -0.2) is 9.69 Å². The molecule has 1 radical (unpaired) electrons. The number of aryl methyl sites for hydroxylation is 2. The molecule has 2 aromatic heterocycles. The second-order valence-electron chi connectivity index (χ2n) is 11.9. The normalized spacial score (nSPS) is 22.5. The second-order valence-corrected chi connectivity index (χ2v) is 15.0. The van der Waals surface area contributed by atoms with E-state index in [-0.39, 0.29) is 11.8 Å². The van der Waals surface area contributed by atoms with E-state index in [0.29, 0.717) is 16.3 Å². The molecule has 2 fully saturated rings. The molecular weight excluding hydrogens is 650 g/mol. The zero-order valence-corrected chi connectivity index (χ0v) is 28.2. The largest absolute Gasteiger partial charge is 0.422 e. The predicted molar refractivity (Wildman–Crippen MR) is 188 cm³/mol. The summed E-state index contributed by atoms with van der Waals surface area (Å²) in [4.78, 5) is 44.4. The predicted octanol–water partition coefficient (Wildman–Crippen LogP) is 8.97. The van der Waals surface area contributed by atoms with Gasteiger partial charge in [0.2, 0.25) is 11.8 Å². The van der Waals surface area contributed by atoms with Gasteiger partial charge in [-0.3, -0.25) is 9.59 Å². The molecule has 0 spiro atoms. The van der Waals surface area contributed by atoms with Gasteiger partial charge in [0.05, 0.1) is 34.1 Å². The number of benzene rings is 2. The monoisotopic (exact) mass is 680 g/mol. The van der Waals surface area contributed by atoms with E-state index in [1.807, 2.05) is 61.5 Å². The number of ether oxygens (including phenoxy) is 2. The van der Waals surface area contributed by atoms with Crippen LogP contribution < -0.4 is 9.64 Å². The number of carbonyl (C=O) groups is 3. The quantitative estimate of drug-likeness (QED) is 0.106. The van der Waals surface area contributed by atoms with Crippen LogP contribution in [0.3, 0.4) is 0 Å². The number of nitrogens with zero attached hydrogens (tertiary/aromatic N) is 1. The van der Waals surface area contributed by atoms with Gasteiger partial charge in [0.15, 0.2) is 0 Å². The molecule has 2 amide bonds. The molecular formula is C38H31ClNO5S2. The molecule has 7 rings (SSSR count). The van der Waals surface area contributed by atoms with E-state index in [2.05, 4.69) is 6.92 Å². The first-order chi connectivity index (χ1) is 22.7. The van der Waals surface area contributed by atoms with Crippen LogP contribution in [-0.2, 0) is 14.3 Å². The van der Waals surface area contributed by atoms with Crippen molar-refractivity contribution in [1.82, 2.24) is 0 Å². The fourth-order valence-electron chi connectivity index (χ4n) is 6.90. The zero-order valence-electron chi connectivity index (χ0n) is 25.8. The van der Waals surface area contributed by atoms with Crippen molar-refractivity contribution in [3.8, 4) is 5.75 Å².